The number of ether oxygens (including phenoxy) is 3. The number of carbonyl (C=O) groups is 3. The quantitative estimate of drug-likeness (QED) is 0.0262. The van der Waals surface area contributed by atoms with Crippen LogP contribution in [-0.2, 0) is 28.6 Å². The smallest absolute Gasteiger partial charge is 0.306 e. The van der Waals surface area contributed by atoms with Gasteiger partial charge in [-0.25, -0.2) is 0 Å². The van der Waals surface area contributed by atoms with Gasteiger partial charge in [-0.05, 0) is 128 Å². The highest BCUT2D eigenvalue weighted by atomic mass is 16.6. The van der Waals surface area contributed by atoms with Gasteiger partial charge in [0.05, 0.1) is 0 Å². The number of unbranched alkanes of at least 4 members (excludes halogenated alkanes) is 16. The number of hydrogen-bond acceptors (Lipinski definition) is 6. The van der Waals surface area contributed by atoms with Crippen LogP contribution in [0.15, 0.2) is 134 Å². The topological polar surface area (TPSA) is 78.9 Å². The number of carbonyl (C=O) groups excluding carboxylic acids is 3. The molecular formula is C64H102O6. The van der Waals surface area contributed by atoms with Gasteiger partial charge >= 0.3 is 17.9 Å². The Morgan fingerprint density at radius 3 is 0.986 bits per heavy atom. The SMILES string of the molecule is CC/C=C\C/C=C\C/C=C\C/C=C\C/C=C\C/C=C\C/C=C\CCCC(=O)OCC(COC(=O)CCCCCCC/C=C\C/C=C\CCC)OC(=O)CCCCCCC/C=C\C/C=C\CCCCCC. The zero-order valence-corrected chi connectivity index (χ0v) is 45.0. The lowest BCUT2D eigenvalue weighted by Crippen LogP contribution is -2.30. The average molecular weight is 968 g/mol. The molecule has 0 saturated heterocycles. The van der Waals surface area contributed by atoms with Gasteiger partial charge in [0.25, 0.3) is 0 Å². The first-order chi connectivity index (χ1) is 34.5. The van der Waals surface area contributed by atoms with Gasteiger partial charge in [-0.15, -0.1) is 0 Å². The summed E-state index contributed by atoms with van der Waals surface area (Å²) >= 11 is 0. The van der Waals surface area contributed by atoms with Crippen LogP contribution in [0.1, 0.15) is 233 Å². The van der Waals surface area contributed by atoms with Crippen LogP contribution in [-0.4, -0.2) is 37.2 Å². The van der Waals surface area contributed by atoms with Crippen LogP contribution in [0.2, 0.25) is 0 Å². The molecule has 1 unspecified atom stereocenters. The summed E-state index contributed by atoms with van der Waals surface area (Å²) in [6.07, 6.45) is 80.1. The van der Waals surface area contributed by atoms with Gasteiger partial charge in [-0.2, -0.15) is 0 Å². The van der Waals surface area contributed by atoms with Gasteiger partial charge in [0.1, 0.15) is 13.2 Å². The van der Waals surface area contributed by atoms with Crippen molar-refractivity contribution in [3.8, 4) is 0 Å². The van der Waals surface area contributed by atoms with E-state index >= 15 is 0 Å². The van der Waals surface area contributed by atoms with Crippen molar-refractivity contribution < 1.29 is 28.6 Å². The fourth-order valence-corrected chi connectivity index (χ4v) is 7.14. The monoisotopic (exact) mass is 967 g/mol. The molecule has 6 nitrogen and oxygen atoms in total. The molecule has 0 aliphatic heterocycles. The van der Waals surface area contributed by atoms with Crippen molar-refractivity contribution in [2.75, 3.05) is 13.2 Å². The molecule has 0 aromatic carbocycles. The molecule has 0 radical (unpaired) electrons. The molecule has 0 rings (SSSR count). The molecule has 6 heteroatoms. The van der Waals surface area contributed by atoms with Crippen molar-refractivity contribution in [3.05, 3.63) is 134 Å². The summed E-state index contributed by atoms with van der Waals surface area (Å²) in [5.74, 6) is -1.01. The predicted molar refractivity (Wildman–Crippen MR) is 302 cm³/mol. The molecular weight excluding hydrogens is 865 g/mol. The Labute approximate surface area is 430 Å². The second-order valence-electron chi connectivity index (χ2n) is 18.1. The third kappa shape index (κ3) is 54.5. The van der Waals surface area contributed by atoms with Crippen LogP contribution in [0.3, 0.4) is 0 Å². The summed E-state index contributed by atoms with van der Waals surface area (Å²) in [5.41, 5.74) is 0. The van der Waals surface area contributed by atoms with Gasteiger partial charge in [-0.3, -0.25) is 14.4 Å². The fraction of sp³-hybridized carbons (Fsp3) is 0.609. The van der Waals surface area contributed by atoms with Gasteiger partial charge in [-0.1, -0.05) is 219 Å². The Balaban J connectivity index is 4.52. The highest BCUT2D eigenvalue weighted by Crippen LogP contribution is 2.13. The summed E-state index contributed by atoms with van der Waals surface area (Å²) < 4.78 is 16.8. The third-order valence-corrected chi connectivity index (χ3v) is 11.3. The van der Waals surface area contributed by atoms with Gasteiger partial charge < -0.3 is 14.2 Å². The van der Waals surface area contributed by atoms with E-state index in [2.05, 4.69) is 154 Å². The Bertz CT molecular complexity index is 1530. The van der Waals surface area contributed by atoms with E-state index in [9.17, 15) is 14.4 Å². The highest BCUT2D eigenvalue weighted by molar-refractivity contribution is 5.71. The van der Waals surface area contributed by atoms with Crippen LogP contribution in [0, 0.1) is 0 Å². The zero-order valence-electron chi connectivity index (χ0n) is 45.0. The standard InChI is InChI=1S/C64H102O6/c1-4-7-10-13-16-19-22-25-27-29-30-31-32-33-34-35-37-39-42-45-48-51-54-57-63(66)69-60-61(59-68-62(65)56-53-50-47-44-41-38-24-21-18-15-12-9-6-3)70-64(67)58-55-52-49-46-43-40-36-28-26-23-20-17-14-11-8-5-2/h7,10,12,15-16,19-21,23-25,27-28,30-31,33-34,36-37,39,45,48,61H,4-6,8-9,11,13-14,17-18,22,26,29,32,35,38,40-44,46-47,49-60H2,1-3H3/b10-7-,15-12-,19-16-,23-20-,24-21-,27-25-,31-30-,34-33-,36-28-,39-37-,48-45-. The normalized spacial score (nSPS) is 13.1. The summed E-state index contributed by atoms with van der Waals surface area (Å²) in [6.45, 7) is 6.36. The van der Waals surface area contributed by atoms with E-state index in [1.807, 2.05) is 0 Å². The lowest BCUT2D eigenvalue weighted by Gasteiger charge is -2.18. The van der Waals surface area contributed by atoms with Crippen molar-refractivity contribution in [2.45, 2.75) is 239 Å². The molecule has 0 aromatic rings. The maximum Gasteiger partial charge on any atom is 0.306 e. The van der Waals surface area contributed by atoms with Gasteiger partial charge in [0.15, 0.2) is 6.10 Å². The van der Waals surface area contributed by atoms with Crippen molar-refractivity contribution >= 4 is 17.9 Å². The molecule has 0 spiro atoms. The van der Waals surface area contributed by atoms with E-state index in [1.54, 1.807) is 0 Å². The van der Waals surface area contributed by atoms with E-state index in [1.165, 1.54) is 38.5 Å². The van der Waals surface area contributed by atoms with Gasteiger partial charge in [0.2, 0.25) is 0 Å². The van der Waals surface area contributed by atoms with Crippen molar-refractivity contribution in [2.24, 2.45) is 0 Å². The summed E-state index contributed by atoms with van der Waals surface area (Å²) in [6, 6.07) is 0. The Hall–Kier alpha value is -4.45. The largest absolute Gasteiger partial charge is 0.462 e. The Morgan fingerprint density at radius 1 is 0.300 bits per heavy atom. The molecule has 0 heterocycles. The number of hydrogen-bond donors (Lipinski definition) is 0. The van der Waals surface area contributed by atoms with Crippen LogP contribution < -0.4 is 0 Å². The maximum atomic E-state index is 12.8. The minimum absolute atomic E-state index is 0.114. The van der Waals surface area contributed by atoms with E-state index in [0.29, 0.717) is 19.3 Å². The van der Waals surface area contributed by atoms with Crippen molar-refractivity contribution in [3.63, 3.8) is 0 Å². The first-order valence-corrected chi connectivity index (χ1v) is 28.2. The summed E-state index contributed by atoms with van der Waals surface area (Å²) in [5, 5.41) is 0. The van der Waals surface area contributed by atoms with E-state index in [4.69, 9.17) is 14.2 Å². The first-order valence-electron chi connectivity index (χ1n) is 28.2. The van der Waals surface area contributed by atoms with Crippen LogP contribution >= 0.6 is 0 Å². The van der Waals surface area contributed by atoms with E-state index < -0.39 is 6.10 Å². The molecule has 0 aliphatic carbocycles. The molecule has 0 amide bonds. The third-order valence-electron chi connectivity index (χ3n) is 11.3. The molecule has 0 saturated carbocycles. The fourth-order valence-electron chi connectivity index (χ4n) is 7.14. The van der Waals surface area contributed by atoms with E-state index in [0.717, 1.165) is 148 Å². The van der Waals surface area contributed by atoms with Crippen LogP contribution in [0.5, 0.6) is 0 Å². The summed E-state index contributed by atoms with van der Waals surface area (Å²) in [4.78, 5) is 38.1. The second kappa shape index (κ2) is 57.1. The van der Waals surface area contributed by atoms with Crippen molar-refractivity contribution in [1.82, 2.24) is 0 Å². The number of rotatable bonds is 49. The number of esters is 3. The van der Waals surface area contributed by atoms with Crippen LogP contribution in [0.4, 0.5) is 0 Å². The summed E-state index contributed by atoms with van der Waals surface area (Å²) in [7, 11) is 0. The number of allylic oxidation sites excluding steroid dienone is 22. The minimum atomic E-state index is -0.820. The first kappa shape index (κ1) is 65.5. The molecule has 394 valence electrons. The molecule has 70 heavy (non-hydrogen) atoms. The molecule has 1 atom stereocenters. The molecule has 0 N–H and O–H groups in total. The van der Waals surface area contributed by atoms with E-state index in [-0.39, 0.29) is 37.5 Å². The van der Waals surface area contributed by atoms with Crippen LogP contribution in [0.25, 0.3) is 0 Å². The van der Waals surface area contributed by atoms with Gasteiger partial charge in [0, 0.05) is 19.3 Å². The lowest BCUT2D eigenvalue weighted by atomic mass is 10.1. The lowest BCUT2D eigenvalue weighted by molar-refractivity contribution is -0.167. The van der Waals surface area contributed by atoms with Crippen molar-refractivity contribution in [1.29, 1.82) is 0 Å². The zero-order chi connectivity index (χ0) is 50.7. The molecule has 0 fully saturated rings. The molecule has 0 aromatic heterocycles. The predicted octanol–water partition coefficient (Wildman–Crippen LogP) is 19.0. The Kier molecular flexibility index (Phi) is 53.5. The minimum Gasteiger partial charge on any atom is -0.462 e. The second-order valence-corrected chi connectivity index (χ2v) is 18.1. The highest BCUT2D eigenvalue weighted by Gasteiger charge is 2.19. The maximum absolute atomic E-state index is 12.8. The average Bonchev–Trinajstić information content (AvgIpc) is 3.36. The molecule has 0 aliphatic rings. The Morgan fingerprint density at radius 2 is 0.600 bits per heavy atom. The molecule has 0 bridgehead atoms.